The van der Waals surface area contributed by atoms with Crippen LogP contribution < -0.4 is 14.2 Å². The van der Waals surface area contributed by atoms with E-state index in [0.29, 0.717) is 45.1 Å². The fourth-order valence-corrected chi connectivity index (χ4v) is 3.70. The molecule has 0 heterocycles. The van der Waals surface area contributed by atoms with Crippen LogP contribution >= 0.6 is 0 Å². The second-order valence-corrected chi connectivity index (χ2v) is 9.80. The highest BCUT2D eigenvalue weighted by atomic mass is 16.5. The van der Waals surface area contributed by atoms with Crippen LogP contribution in [0.3, 0.4) is 0 Å². The fraction of sp³-hybridized carbons (Fsp3) is 0.0513. The highest BCUT2D eigenvalue weighted by Gasteiger charge is 2.11. The average Bonchev–Trinajstić information content (AvgIpc) is 3.04. The molecule has 220 valence electrons. The van der Waals surface area contributed by atoms with E-state index >= 15 is 0 Å². The van der Waals surface area contributed by atoms with Crippen LogP contribution in [0.4, 0.5) is 0 Å². The molecule has 4 rings (SSSR count). The van der Waals surface area contributed by atoms with Gasteiger partial charge >= 0.3 is 17.9 Å². The fourth-order valence-electron chi connectivity index (χ4n) is 3.70. The van der Waals surface area contributed by atoms with Crippen LogP contribution in [0, 0.1) is 23.7 Å². The van der Waals surface area contributed by atoms with E-state index in [1.165, 1.54) is 0 Å². The molecular weight excluding hydrogens is 564 g/mol. The molecule has 0 atom stereocenters. The standard InChI is InChI=1S/C39H28O6/c1-6-37(40)45-36-25-31(10-9-30-15-22-34(23-16-30)44-39(42)27(4)5)17-24-35(36)32-18-11-28(12-19-32)7-8-29-13-20-33(21-14-29)43-38(41)26(2)3/h6,11-25H,1-2,4H2,3,5H3. The van der Waals surface area contributed by atoms with Gasteiger partial charge in [-0.15, -0.1) is 0 Å². The van der Waals surface area contributed by atoms with Crippen LogP contribution in [0.15, 0.2) is 128 Å². The second kappa shape index (κ2) is 14.7. The number of hydrogen-bond acceptors (Lipinski definition) is 6. The lowest BCUT2D eigenvalue weighted by molar-refractivity contribution is -0.130. The van der Waals surface area contributed by atoms with Crippen molar-refractivity contribution in [2.75, 3.05) is 0 Å². The molecule has 0 aliphatic carbocycles. The third-order valence-corrected chi connectivity index (χ3v) is 6.08. The molecule has 4 aromatic rings. The van der Waals surface area contributed by atoms with Gasteiger partial charge in [-0.25, -0.2) is 14.4 Å². The Balaban J connectivity index is 1.51. The summed E-state index contributed by atoms with van der Waals surface area (Å²) in [4.78, 5) is 35.5. The SMILES string of the molecule is C=CC(=O)Oc1cc(C#Cc2ccc(OC(=O)C(=C)C)cc2)ccc1-c1ccc(C#Cc2ccc(OC(=O)C(=C)C)cc2)cc1. The van der Waals surface area contributed by atoms with Crippen molar-refractivity contribution in [3.05, 3.63) is 150 Å². The van der Waals surface area contributed by atoms with E-state index in [4.69, 9.17) is 14.2 Å². The number of esters is 3. The molecule has 0 unspecified atom stereocenters. The topological polar surface area (TPSA) is 78.9 Å². The maximum Gasteiger partial charge on any atom is 0.338 e. The molecule has 0 saturated carbocycles. The van der Waals surface area contributed by atoms with Gasteiger partial charge in [0, 0.05) is 45.0 Å². The first-order valence-electron chi connectivity index (χ1n) is 13.7. The molecule has 0 fully saturated rings. The molecular formula is C39H28O6. The van der Waals surface area contributed by atoms with E-state index in [1.54, 1.807) is 68.4 Å². The first-order chi connectivity index (χ1) is 21.6. The van der Waals surface area contributed by atoms with Gasteiger partial charge in [-0.3, -0.25) is 0 Å². The maximum atomic E-state index is 12.1. The maximum absolute atomic E-state index is 12.1. The minimum atomic E-state index is -0.593. The van der Waals surface area contributed by atoms with Crippen molar-refractivity contribution in [2.24, 2.45) is 0 Å². The lowest BCUT2D eigenvalue weighted by Crippen LogP contribution is -2.07. The third-order valence-electron chi connectivity index (χ3n) is 6.08. The van der Waals surface area contributed by atoms with Gasteiger partial charge in [0.15, 0.2) is 0 Å². The van der Waals surface area contributed by atoms with E-state index in [1.807, 2.05) is 36.4 Å². The summed E-state index contributed by atoms with van der Waals surface area (Å²) in [5, 5.41) is 0. The molecule has 0 N–H and O–H groups in total. The number of carbonyl (C=O) groups excluding carboxylic acids is 3. The Kier molecular flexibility index (Phi) is 10.3. The van der Waals surface area contributed by atoms with Crippen molar-refractivity contribution in [2.45, 2.75) is 13.8 Å². The molecule has 0 radical (unpaired) electrons. The number of rotatable bonds is 7. The third kappa shape index (κ3) is 9.06. The summed E-state index contributed by atoms with van der Waals surface area (Å²) in [5.41, 5.74) is 5.01. The molecule has 0 amide bonds. The van der Waals surface area contributed by atoms with Crippen molar-refractivity contribution in [1.82, 2.24) is 0 Å². The summed E-state index contributed by atoms with van der Waals surface area (Å²) in [5.74, 6) is 11.9. The van der Waals surface area contributed by atoms with Crippen molar-refractivity contribution < 1.29 is 28.6 Å². The second-order valence-electron chi connectivity index (χ2n) is 9.80. The van der Waals surface area contributed by atoms with Crippen molar-refractivity contribution >= 4 is 17.9 Å². The molecule has 0 aliphatic rings. The van der Waals surface area contributed by atoms with Crippen molar-refractivity contribution in [3.63, 3.8) is 0 Å². The van der Waals surface area contributed by atoms with Crippen LogP contribution in [-0.2, 0) is 14.4 Å². The van der Waals surface area contributed by atoms with Gasteiger partial charge in [-0.05, 0) is 98.3 Å². The first kappa shape index (κ1) is 31.6. The molecule has 6 heteroatoms. The summed E-state index contributed by atoms with van der Waals surface area (Å²) in [6.45, 7) is 13.8. The lowest BCUT2D eigenvalue weighted by atomic mass is 10.0. The van der Waals surface area contributed by atoms with Gasteiger partial charge < -0.3 is 14.2 Å². The Morgan fingerprint density at radius 2 is 0.978 bits per heavy atom. The van der Waals surface area contributed by atoms with Crippen molar-refractivity contribution in [3.8, 4) is 52.1 Å². The highest BCUT2D eigenvalue weighted by Crippen LogP contribution is 2.31. The van der Waals surface area contributed by atoms with Gasteiger partial charge in [-0.1, -0.05) is 55.6 Å². The summed E-state index contributed by atoms with van der Waals surface area (Å²) in [7, 11) is 0. The van der Waals surface area contributed by atoms with Gasteiger partial charge in [0.2, 0.25) is 0 Å². The number of benzene rings is 4. The van der Waals surface area contributed by atoms with Gasteiger partial charge in [0.1, 0.15) is 17.2 Å². The zero-order chi connectivity index (χ0) is 32.3. The van der Waals surface area contributed by atoms with Gasteiger partial charge in [-0.2, -0.15) is 0 Å². The van der Waals surface area contributed by atoms with E-state index in [9.17, 15) is 14.4 Å². The van der Waals surface area contributed by atoms with E-state index < -0.39 is 17.9 Å². The summed E-state index contributed by atoms with van der Waals surface area (Å²) >= 11 is 0. The number of carbonyl (C=O) groups is 3. The van der Waals surface area contributed by atoms with E-state index in [2.05, 4.69) is 43.4 Å². The minimum absolute atomic E-state index is 0.309. The monoisotopic (exact) mass is 592 g/mol. The van der Waals surface area contributed by atoms with Crippen molar-refractivity contribution in [1.29, 1.82) is 0 Å². The zero-order valence-electron chi connectivity index (χ0n) is 24.8. The smallest absolute Gasteiger partial charge is 0.338 e. The van der Waals surface area contributed by atoms with Crippen LogP contribution in [0.1, 0.15) is 36.1 Å². The Morgan fingerprint density at radius 1 is 0.578 bits per heavy atom. The molecule has 0 aliphatic heterocycles. The molecule has 0 aromatic heterocycles. The number of ether oxygens (including phenoxy) is 3. The average molecular weight is 593 g/mol. The Bertz CT molecular complexity index is 1920. The van der Waals surface area contributed by atoms with E-state index in [0.717, 1.165) is 22.8 Å². The Morgan fingerprint density at radius 3 is 1.40 bits per heavy atom. The molecule has 6 nitrogen and oxygen atoms in total. The van der Waals surface area contributed by atoms with Crippen LogP contribution in [0.25, 0.3) is 11.1 Å². The Labute approximate surface area is 262 Å². The van der Waals surface area contributed by atoms with Crippen LogP contribution in [-0.4, -0.2) is 17.9 Å². The molecule has 0 bridgehead atoms. The summed E-state index contributed by atoms with van der Waals surface area (Å²) in [6, 6.07) is 26.5. The predicted octanol–water partition coefficient (Wildman–Crippen LogP) is 7.21. The van der Waals surface area contributed by atoms with Crippen LogP contribution in [0.5, 0.6) is 17.2 Å². The summed E-state index contributed by atoms with van der Waals surface area (Å²) in [6.07, 6.45) is 1.10. The molecule has 0 saturated heterocycles. The lowest BCUT2D eigenvalue weighted by Gasteiger charge is -2.10. The molecule has 4 aromatic carbocycles. The molecule has 45 heavy (non-hydrogen) atoms. The molecule has 0 spiro atoms. The quantitative estimate of drug-likeness (QED) is 0.0977. The zero-order valence-corrected chi connectivity index (χ0v) is 24.8. The summed E-state index contributed by atoms with van der Waals surface area (Å²) < 4.78 is 16.0. The van der Waals surface area contributed by atoms with Gasteiger partial charge in [0.05, 0.1) is 0 Å². The van der Waals surface area contributed by atoms with Gasteiger partial charge in [0.25, 0.3) is 0 Å². The number of hydrogen-bond donors (Lipinski definition) is 0. The predicted molar refractivity (Wildman–Crippen MR) is 173 cm³/mol. The Hall–Kier alpha value is -6.37. The van der Waals surface area contributed by atoms with Crippen LogP contribution in [0.2, 0.25) is 0 Å². The minimum Gasteiger partial charge on any atom is -0.423 e. The normalized spacial score (nSPS) is 9.73. The first-order valence-corrected chi connectivity index (χ1v) is 13.7. The van der Waals surface area contributed by atoms with E-state index in [-0.39, 0.29) is 0 Å². The highest BCUT2D eigenvalue weighted by molar-refractivity contribution is 5.89. The largest absolute Gasteiger partial charge is 0.423 e.